The summed E-state index contributed by atoms with van der Waals surface area (Å²) in [5.74, 6) is 0. The Kier molecular flexibility index (Phi) is 4.02. The number of nitrogens with zero attached hydrogens (tertiary/aromatic N) is 6. The first-order valence-corrected chi connectivity index (χ1v) is 7.09. The predicted molar refractivity (Wildman–Crippen MR) is 70.0 cm³/mol. The highest BCUT2D eigenvalue weighted by molar-refractivity contribution is 7.10. The Balaban J connectivity index is 1.57. The Morgan fingerprint density at radius 3 is 3.21 bits per heavy atom. The molecule has 0 amide bonds. The molecule has 19 heavy (non-hydrogen) atoms. The molecule has 1 saturated heterocycles. The van der Waals surface area contributed by atoms with Gasteiger partial charge in [-0.2, -0.15) is 5.10 Å². The smallest absolute Gasteiger partial charge is 0.138 e. The van der Waals surface area contributed by atoms with E-state index in [2.05, 4.69) is 24.6 Å². The second-order valence-corrected chi connectivity index (χ2v) is 5.69. The highest BCUT2D eigenvalue weighted by Crippen LogP contribution is 2.20. The molecule has 1 aliphatic heterocycles. The molecule has 0 aromatic carbocycles. The molecule has 0 radical (unpaired) electrons. The average Bonchev–Trinajstić information content (AvgIpc) is 3.03. The molecule has 0 bridgehead atoms. The Morgan fingerprint density at radius 1 is 1.53 bits per heavy atom. The summed E-state index contributed by atoms with van der Waals surface area (Å²) < 4.78 is 12.0. The van der Waals surface area contributed by atoms with E-state index < -0.39 is 0 Å². The first kappa shape index (κ1) is 12.9. The first-order valence-electron chi connectivity index (χ1n) is 5.94. The molecule has 3 heterocycles. The third-order valence-corrected chi connectivity index (χ3v) is 3.95. The molecular weight excluding hydrogens is 288 g/mol. The Bertz CT molecular complexity index is 518. The van der Waals surface area contributed by atoms with E-state index in [4.69, 9.17) is 16.3 Å². The fourth-order valence-electron chi connectivity index (χ4n) is 2.07. The van der Waals surface area contributed by atoms with Crippen molar-refractivity contribution in [1.29, 1.82) is 0 Å². The summed E-state index contributed by atoms with van der Waals surface area (Å²) in [6.07, 6.45) is 3.34. The molecule has 3 rings (SSSR count). The van der Waals surface area contributed by atoms with Crippen LogP contribution in [0.15, 0.2) is 12.7 Å². The molecule has 0 N–H and O–H groups in total. The van der Waals surface area contributed by atoms with Crippen LogP contribution >= 0.6 is 23.1 Å². The molecule has 1 unspecified atom stereocenters. The minimum absolute atomic E-state index is 0.112. The van der Waals surface area contributed by atoms with Gasteiger partial charge in [-0.3, -0.25) is 9.58 Å². The van der Waals surface area contributed by atoms with Crippen molar-refractivity contribution in [3.05, 3.63) is 22.7 Å². The normalized spacial score (nSPS) is 20.8. The maximum atomic E-state index is 6.02. The van der Waals surface area contributed by atoms with Crippen LogP contribution in [-0.4, -0.2) is 55.1 Å². The molecule has 0 saturated carbocycles. The van der Waals surface area contributed by atoms with Crippen LogP contribution in [-0.2, 0) is 17.8 Å². The highest BCUT2D eigenvalue weighted by atomic mass is 35.5. The number of hydrogen-bond acceptors (Lipinski definition) is 7. The number of morpholine rings is 1. The van der Waals surface area contributed by atoms with Gasteiger partial charge in [0, 0.05) is 31.2 Å². The molecule has 1 aliphatic rings. The summed E-state index contributed by atoms with van der Waals surface area (Å²) in [7, 11) is 0. The van der Waals surface area contributed by atoms with Crippen LogP contribution in [0.2, 0.25) is 4.34 Å². The van der Waals surface area contributed by atoms with Gasteiger partial charge in [-0.15, -0.1) is 5.10 Å². The Hall–Kier alpha value is -1.09. The fourth-order valence-corrected chi connectivity index (χ4v) is 2.69. The zero-order chi connectivity index (χ0) is 13.1. The van der Waals surface area contributed by atoms with Gasteiger partial charge in [0.1, 0.15) is 22.7 Å². The minimum Gasteiger partial charge on any atom is -0.374 e. The highest BCUT2D eigenvalue weighted by Gasteiger charge is 2.22. The molecule has 102 valence electrons. The zero-order valence-electron chi connectivity index (χ0n) is 10.1. The summed E-state index contributed by atoms with van der Waals surface area (Å²) in [4.78, 5) is 6.20. The lowest BCUT2D eigenvalue weighted by molar-refractivity contribution is -0.0405. The van der Waals surface area contributed by atoms with E-state index in [-0.39, 0.29) is 6.10 Å². The Labute approximate surface area is 119 Å². The lowest BCUT2D eigenvalue weighted by atomic mass is 10.2. The van der Waals surface area contributed by atoms with Crippen molar-refractivity contribution in [2.24, 2.45) is 0 Å². The van der Waals surface area contributed by atoms with E-state index in [0.717, 1.165) is 18.8 Å². The molecule has 7 nitrogen and oxygen atoms in total. The second-order valence-electron chi connectivity index (χ2n) is 4.34. The van der Waals surface area contributed by atoms with Crippen molar-refractivity contribution >= 4 is 23.1 Å². The van der Waals surface area contributed by atoms with Gasteiger partial charge in [0.2, 0.25) is 0 Å². The third kappa shape index (κ3) is 3.27. The van der Waals surface area contributed by atoms with Gasteiger partial charge in [-0.1, -0.05) is 16.1 Å². The van der Waals surface area contributed by atoms with Gasteiger partial charge < -0.3 is 4.74 Å². The van der Waals surface area contributed by atoms with Gasteiger partial charge in [0.25, 0.3) is 0 Å². The van der Waals surface area contributed by atoms with Gasteiger partial charge >= 0.3 is 0 Å². The van der Waals surface area contributed by atoms with E-state index in [1.807, 2.05) is 0 Å². The van der Waals surface area contributed by atoms with E-state index in [1.54, 1.807) is 11.0 Å². The third-order valence-electron chi connectivity index (χ3n) is 2.96. The number of rotatable bonds is 4. The minimum atomic E-state index is 0.112. The van der Waals surface area contributed by atoms with E-state index >= 15 is 0 Å². The lowest BCUT2D eigenvalue weighted by Gasteiger charge is -2.32. The monoisotopic (exact) mass is 300 g/mol. The maximum Gasteiger partial charge on any atom is 0.138 e. The van der Waals surface area contributed by atoms with Crippen molar-refractivity contribution in [3.63, 3.8) is 0 Å². The molecule has 0 spiro atoms. The van der Waals surface area contributed by atoms with Crippen molar-refractivity contribution in [1.82, 2.24) is 29.3 Å². The first-order chi connectivity index (χ1) is 9.31. The molecular formula is C10H13ClN6OS. The van der Waals surface area contributed by atoms with Crippen LogP contribution in [0.4, 0.5) is 0 Å². The van der Waals surface area contributed by atoms with Crippen molar-refractivity contribution in [2.45, 2.75) is 19.2 Å². The van der Waals surface area contributed by atoms with E-state index in [9.17, 15) is 0 Å². The standard InChI is InChI=1S/C10H13ClN6OS/c11-10-9(14-15-19-10)5-16-1-2-18-8(3-16)4-17-7-12-6-13-17/h6-8H,1-5H2. The Morgan fingerprint density at radius 2 is 2.47 bits per heavy atom. The van der Waals surface area contributed by atoms with Crippen LogP contribution in [0.3, 0.4) is 0 Å². The molecule has 9 heteroatoms. The van der Waals surface area contributed by atoms with Gasteiger partial charge in [-0.25, -0.2) is 4.98 Å². The number of aromatic nitrogens is 5. The van der Waals surface area contributed by atoms with Gasteiger partial charge in [0.05, 0.1) is 19.3 Å². The summed E-state index contributed by atoms with van der Waals surface area (Å²) in [5.41, 5.74) is 0.841. The zero-order valence-corrected chi connectivity index (χ0v) is 11.7. The molecule has 2 aromatic rings. The maximum absolute atomic E-state index is 6.02. The fraction of sp³-hybridized carbons (Fsp3) is 0.600. The number of ether oxygens (including phenoxy) is 1. The predicted octanol–water partition coefficient (Wildman–Crippen LogP) is 0.684. The summed E-state index contributed by atoms with van der Waals surface area (Å²) in [6, 6.07) is 0. The van der Waals surface area contributed by atoms with Crippen molar-refractivity contribution < 1.29 is 4.74 Å². The van der Waals surface area contributed by atoms with Crippen LogP contribution in [0, 0.1) is 0 Å². The molecule has 0 aliphatic carbocycles. The quantitative estimate of drug-likeness (QED) is 0.827. The van der Waals surface area contributed by atoms with E-state index in [0.29, 0.717) is 24.0 Å². The van der Waals surface area contributed by atoms with Crippen molar-refractivity contribution in [2.75, 3.05) is 19.7 Å². The van der Waals surface area contributed by atoms with Crippen LogP contribution in [0.5, 0.6) is 0 Å². The molecule has 1 atom stereocenters. The summed E-state index contributed by atoms with van der Waals surface area (Å²) >= 11 is 7.25. The van der Waals surface area contributed by atoms with Gasteiger partial charge in [-0.05, 0) is 0 Å². The van der Waals surface area contributed by atoms with Gasteiger partial charge in [0.15, 0.2) is 0 Å². The SMILES string of the molecule is Clc1snnc1CN1CCOC(Cn2cncn2)C1. The summed E-state index contributed by atoms with van der Waals surface area (Å²) in [5, 5.41) is 8.13. The molecule has 2 aromatic heterocycles. The average molecular weight is 301 g/mol. The summed E-state index contributed by atoms with van der Waals surface area (Å²) in [6.45, 7) is 3.83. The van der Waals surface area contributed by atoms with Crippen LogP contribution in [0.1, 0.15) is 5.69 Å². The van der Waals surface area contributed by atoms with E-state index in [1.165, 1.54) is 17.9 Å². The lowest BCUT2D eigenvalue weighted by Crippen LogP contribution is -2.43. The van der Waals surface area contributed by atoms with Crippen LogP contribution in [0.25, 0.3) is 0 Å². The largest absolute Gasteiger partial charge is 0.374 e. The second kappa shape index (κ2) is 5.91. The van der Waals surface area contributed by atoms with Crippen LogP contribution < -0.4 is 0 Å². The number of hydrogen-bond donors (Lipinski definition) is 0. The topological polar surface area (TPSA) is 69.0 Å². The molecule has 1 fully saturated rings. The van der Waals surface area contributed by atoms with Crippen molar-refractivity contribution in [3.8, 4) is 0 Å². The number of halogens is 1.